The predicted molar refractivity (Wildman–Crippen MR) is 205 cm³/mol. The predicted octanol–water partition coefficient (Wildman–Crippen LogP) is 6.68. The van der Waals surface area contributed by atoms with E-state index in [0.717, 1.165) is 70.0 Å². The van der Waals surface area contributed by atoms with Gasteiger partial charge in [0.2, 0.25) is 17.7 Å². The Morgan fingerprint density at radius 2 is 1.83 bits per heavy atom. The molecule has 2 atom stereocenters. The lowest BCUT2D eigenvalue weighted by molar-refractivity contribution is -0.137. The fraction of sp³-hybridized carbons (Fsp3) is 0.400. The van der Waals surface area contributed by atoms with Crippen LogP contribution in [0.1, 0.15) is 97.2 Å². The molecule has 12 nitrogen and oxygen atoms in total. The van der Waals surface area contributed by atoms with Crippen molar-refractivity contribution in [3.8, 4) is 11.5 Å². The number of aryl methyl sites for hydroxylation is 1. The third kappa shape index (κ3) is 9.31. The highest BCUT2D eigenvalue weighted by molar-refractivity contribution is 9.10. The van der Waals surface area contributed by atoms with E-state index in [4.69, 9.17) is 9.47 Å². The minimum Gasteiger partial charge on any atom is -0.493 e. The Hall–Kier alpha value is -5.04. The zero-order valence-corrected chi connectivity index (χ0v) is 31.9. The molecular weight excluding hydrogens is 740 g/mol. The van der Waals surface area contributed by atoms with E-state index in [9.17, 15) is 19.2 Å². The molecule has 3 aromatic carbocycles. The first-order valence-electron chi connectivity index (χ1n) is 18.1. The molecular formula is C40H45BrN6O6. The van der Waals surface area contributed by atoms with Crippen molar-refractivity contribution in [1.82, 2.24) is 25.5 Å². The van der Waals surface area contributed by atoms with Gasteiger partial charge in [0.15, 0.2) is 11.5 Å². The van der Waals surface area contributed by atoms with Crippen LogP contribution in [0.5, 0.6) is 11.5 Å². The van der Waals surface area contributed by atoms with Crippen molar-refractivity contribution in [2.45, 2.75) is 90.4 Å². The average molecular weight is 786 g/mol. The molecule has 13 heteroatoms. The maximum atomic E-state index is 12.9. The van der Waals surface area contributed by atoms with Gasteiger partial charge in [0.1, 0.15) is 17.7 Å². The summed E-state index contributed by atoms with van der Waals surface area (Å²) in [5, 5.41) is 9.69. The van der Waals surface area contributed by atoms with E-state index in [2.05, 4.69) is 60.9 Å². The Morgan fingerprint density at radius 3 is 2.62 bits per heavy atom. The molecule has 0 aliphatic carbocycles. The highest BCUT2D eigenvalue weighted by Gasteiger charge is 2.39. The number of nitrogens with one attached hydrogen (secondary N) is 3. The number of ether oxygens (including phenoxy) is 2. The van der Waals surface area contributed by atoms with Crippen LogP contribution >= 0.6 is 15.9 Å². The number of unbranched alkanes of at least 4 members (excludes halogenated alkanes) is 4. The molecule has 1 saturated heterocycles. The van der Waals surface area contributed by atoms with Crippen LogP contribution in [0.3, 0.4) is 0 Å². The highest BCUT2D eigenvalue weighted by Crippen LogP contribution is 2.36. The van der Waals surface area contributed by atoms with Crippen LogP contribution in [-0.2, 0) is 27.5 Å². The van der Waals surface area contributed by atoms with Crippen molar-refractivity contribution in [3.63, 3.8) is 0 Å². The van der Waals surface area contributed by atoms with Crippen LogP contribution in [-0.4, -0.2) is 58.3 Å². The summed E-state index contributed by atoms with van der Waals surface area (Å²) in [5.41, 5.74) is 4.18. The lowest BCUT2D eigenvalue weighted by Crippen LogP contribution is -2.52. The first kappa shape index (κ1) is 37.7. The zero-order chi connectivity index (χ0) is 37.5. The number of nitrogens with zero attached hydrogens (tertiary/aromatic N) is 3. The minimum absolute atomic E-state index is 0.0153. The van der Waals surface area contributed by atoms with Crippen molar-refractivity contribution < 1.29 is 28.7 Å². The highest BCUT2D eigenvalue weighted by atomic mass is 79.9. The number of methoxy groups -OCH3 is 1. The van der Waals surface area contributed by atoms with Gasteiger partial charge in [0.05, 0.1) is 25.3 Å². The monoisotopic (exact) mass is 784 g/mol. The average Bonchev–Trinajstić information content (AvgIpc) is 3.46. The molecule has 4 amide bonds. The Morgan fingerprint density at radius 1 is 1.02 bits per heavy atom. The van der Waals surface area contributed by atoms with Crippen LogP contribution in [0.15, 0.2) is 59.1 Å². The summed E-state index contributed by atoms with van der Waals surface area (Å²) < 4.78 is 12.9. The Kier molecular flexibility index (Phi) is 12.2. The van der Waals surface area contributed by atoms with E-state index in [0.29, 0.717) is 55.4 Å². The standard InChI is InChI=1S/C40H45BrN6O6/c1-24(27-10-9-11-29(41)19-27)43-38-31-20-34(52-3)35(21-32(31)44-25(2)45-38)53-17-8-6-4-5-7-12-36(48)42-22-26-13-14-30-28(18-26)23-47(40(30)51)33-15-16-37(49)46-39(33)50/h9-11,13-14,18-21,24,33H,4-8,12,15-17,22-23H2,1-3H3,(H,42,48)(H,43,44,45)(H,46,49,50)/t24-,33?/m1/s1. The molecule has 2 aliphatic heterocycles. The van der Waals surface area contributed by atoms with Gasteiger partial charge in [-0.2, -0.15) is 0 Å². The van der Waals surface area contributed by atoms with Gasteiger partial charge in [-0.25, -0.2) is 9.97 Å². The maximum Gasteiger partial charge on any atom is 0.255 e. The summed E-state index contributed by atoms with van der Waals surface area (Å²) in [7, 11) is 1.63. The molecule has 0 radical (unpaired) electrons. The molecule has 4 aromatic rings. The number of hydrogen-bond acceptors (Lipinski definition) is 9. The van der Waals surface area contributed by atoms with Gasteiger partial charge in [-0.3, -0.25) is 24.5 Å². The summed E-state index contributed by atoms with van der Waals surface area (Å²) in [5.74, 6) is 1.70. The summed E-state index contributed by atoms with van der Waals surface area (Å²) in [6, 6.07) is 16.9. The number of carbonyl (C=O) groups excluding carboxylic acids is 4. The number of halogens is 1. The molecule has 3 heterocycles. The van der Waals surface area contributed by atoms with Crippen LogP contribution in [0.4, 0.5) is 5.82 Å². The van der Waals surface area contributed by atoms with Gasteiger partial charge in [0, 0.05) is 47.4 Å². The van der Waals surface area contributed by atoms with E-state index in [1.54, 1.807) is 13.2 Å². The normalized spacial score (nSPS) is 16.0. The fourth-order valence-electron chi connectivity index (χ4n) is 6.83. The number of rotatable bonds is 16. The molecule has 1 aromatic heterocycles. The van der Waals surface area contributed by atoms with E-state index >= 15 is 0 Å². The van der Waals surface area contributed by atoms with E-state index < -0.39 is 11.9 Å². The number of hydrogen-bond donors (Lipinski definition) is 3. The third-order valence-corrected chi connectivity index (χ3v) is 10.2. The second kappa shape index (κ2) is 17.2. The first-order chi connectivity index (χ1) is 25.6. The van der Waals surface area contributed by atoms with Crippen molar-refractivity contribution >= 4 is 56.3 Å². The van der Waals surface area contributed by atoms with Crippen molar-refractivity contribution in [2.24, 2.45) is 0 Å². The summed E-state index contributed by atoms with van der Waals surface area (Å²) >= 11 is 3.55. The van der Waals surface area contributed by atoms with Crippen molar-refractivity contribution in [3.05, 3.63) is 87.1 Å². The molecule has 1 unspecified atom stereocenters. The number of amides is 4. The maximum absolute atomic E-state index is 12.9. The number of imide groups is 1. The third-order valence-electron chi connectivity index (χ3n) is 9.68. The Balaban J connectivity index is 0.903. The fourth-order valence-corrected chi connectivity index (χ4v) is 7.24. The van der Waals surface area contributed by atoms with Crippen molar-refractivity contribution in [2.75, 3.05) is 19.0 Å². The Labute approximate surface area is 317 Å². The number of carbonyl (C=O) groups is 4. The minimum atomic E-state index is -0.647. The van der Waals surface area contributed by atoms with Gasteiger partial charge >= 0.3 is 0 Å². The molecule has 2 aliphatic rings. The summed E-state index contributed by atoms with van der Waals surface area (Å²) in [6.45, 7) is 5.18. The quantitative estimate of drug-likeness (QED) is 0.0835. The number of fused-ring (bicyclic) bond motifs is 2. The molecule has 0 saturated carbocycles. The van der Waals surface area contributed by atoms with E-state index in [-0.39, 0.29) is 30.2 Å². The molecule has 3 N–H and O–H groups in total. The van der Waals surface area contributed by atoms with Gasteiger partial charge in [-0.05, 0) is 74.1 Å². The second-order valence-electron chi connectivity index (χ2n) is 13.6. The number of anilines is 1. The smallest absolute Gasteiger partial charge is 0.255 e. The molecule has 53 heavy (non-hydrogen) atoms. The molecule has 0 bridgehead atoms. The number of aromatic nitrogens is 2. The largest absolute Gasteiger partial charge is 0.493 e. The lowest BCUT2D eigenvalue weighted by atomic mass is 10.0. The molecule has 6 rings (SSSR count). The van der Waals surface area contributed by atoms with Crippen LogP contribution in [0, 0.1) is 6.92 Å². The van der Waals surface area contributed by atoms with E-state index in [1.807, 2.05) is 43.3 Å². The summed E-state index contributed by atoms with van der Waals surface area (Å²) in [6.07, 6.45) is 5.55. The van der Waals surface area contributed by atoms with Crippen LogP contribution in [0.2, 0.25) is 0 Å². The topological polar surface area (TPSA) is 152 Å². The van der Waals surface area contributed by atoms with Gasteiger partial charge in [-0.1, -0.05) is 59.5 Å². The van der Waals surface area contributed by atoms with Gasteiger partial charge in [-0.15, -0.1) is 0 Å². The Bertz CT molecular complexity index is 2020. The van der Waals surface area contributed by atoms with Gasteiger partial charge < -0.3 is 25.0 Å². The molecule has 0 spiro atoms. The van der Waals surface area contributed by atoms with Crippen LogP contribution in [0.25, 0.3) is 10.9 Å². The van der Waals surface area contributed by atoms with Crippen molar-refractivity contribution in [1.29, 1.82) is 0 Å². The van der Waals surface area contributed by atoms with Crippen LogP contribution < -0.4 is 25.4 Å². The molecule has 1 fully saturated rings. The van der Waals surface area contributed by atoms with Gasteiger partial charge in [0.25, 0.3) is 5.91 Å². The number of benzene rings is 3. The SMILES string of the molecule is COc1cc2c(N[C@H](C)c3cccc(Br)c3)nc(C)nc2cc1OCCCCCCCC(=O)NCc1ccc2c(c1)CN(C1CCC(=O)NC1=O)C2=O. The lowest BCUT2D eigenvalue weighted by Gasteiger charge is -2.29. The second-order valence-corrected chi connectivity index (χ2v) is 14.5. The zero-order valence-electron chi connectivity index (χ0n) is 30.3. The first-order valence-corrected chi connectivity index (χ1v) is 18.9. The number of piperidine rings is 1. The molecule has 278 valence electrons. The summed E-state index contributed by atoms with van der Waals surface area (Å²) in [4.78, 5) is 60.2. The van der Waals surface area contributed by atoms with E-state index in [1.165, 1.54) is 4.90 Å².